The lowest BCUT2D eigenvalue weighted by Crippen LogP contribution is -2.29. The average Bonchev–Trinajstić information content (AvgIpc) is 3.41. The van der Waals surface area contributed by atoms with Gasteiger partial charge in [0, 0.05) is 49.4 Å². The largest absolute Gasteiger partial charge is 0.404 e. The van der Waals surface area contributed by atoms with Crippen molar-refractivity contribution in [2.75, 3.05) is 13.1 Å². The third-order valence-electron chi connectivity index (χ3n) is 5.85. The minimum atomic E-state index is 0.240. The lowest BCUT2D eigenvalue weighted by molar-refractivity contribution is -0.130. The molecule has 1 aliphatic rings. The van der Waals surface area contributed by atoms with Crippen LogP contribution in [-0.2, 0) is 17.8 Å². The van der Waals surface area contributed by atoms with Crippen LogP contribution in [0.5, 0.6) is 0 Å². The molecule has 30 heavy (non-hydrogen) atoms. The first-order valence-electron chi connectivity index (χ1n) is 10.4. The molecule has 1 saturated heterocycles. The van der Waals surface area contributed by atoms with Crippen molar-refractivity contribution in [2.24, 2.45) is 11.7 Å². The van der Waals surface area contributed by atoms with Gasteiger partial charge in [0.05, 0.1) is 11.7 Å². The minimum Gasteiger partial charge on any atom is -0.404 e. The predicted molar refractivity (Wildman–Crippen MR) is 120 cm³/mol. The highest BCUT2D eigenvalue weighted by atomic mass is 16.2. The number of aryl methyl sites for hydroxylation is 1. The number of carbonyl (C=O) groups is 1. The van der Waals surface area contributed by atoms with E-state index in [0.717, 1.165) is 48.9 Å². The van der Waals surface area contributed by atoms with Crippen molar-refractivity contribution in [3.63, 3.8) is 0 Å². The number of rotatable bonds is 7. The van der Waals surface area contributed by atoms with E-state index in [-0.39, 0.29) is 5.91 Å². The summed E-state index contributed by atoms with van der Waals surface area (Å²) >= 11 is 0. The molecule has 1 unspecified atom stereocenters. The summed E-state index contributed by atoms with van der Waals surface area (Å²) in [5, 5.41) is 13.1. The van der Waals surface area contributed by atoms with Gasteiger partial charge in [0.1, 0.15) is 0 Å². The van der Waals surface area contributed by atoms with Gasteiger partial charge in [-0.15, -0.1) is 0 Å². The summed E-state index contributed by atoms with van der Waals surface area (Å²) in [4.78, 5) is 14.6. The summed E-state index contributed by atoms with van der Waals surface area (Å²) < 4.78 is 2.03. The number of fused-ring (bicyclic) bond motifs is 1. The Balaban J connectivity index is 1.36. The molecule has 3 N–H and O–H groups in total. The lowest BCUT2D eigenvalue weighted by atomic mass is 10.1. The summed E-state index contributed by atoms with van der Waals surface area (Å²) in [6.07, 6.45) is 6.92. The molecule has 2 aromatic carbocycles. The van der Waals surface area contributed by atoms with Crippen LogP contribution in [0.25, 0.3) is 16.5 Å². The van der Waals surface area contributed by atoms with E-state index >= 15 is 0 Å². The van der Waals surface area contributed by atoms with E-state index in [4.69, 9.17) is 11.1 Å². The third-order valence-corrected chi connectivity index (χ3v) is 5.85. The first kappa shape index (κ1) is 19.9. The number of amides is 1. The summed E-state index contributed by atoms with van der Waals surface area (Å²) in [6.45, 7) is 2.42. The maximum absolute atomic E-state index is 12.6. The highest BCUT2D eigenvalue weighted by Crippen LogP contribution is 2.24. The smallest absolute Gasteiger partial charge is 0.222 e. The zero-order valence-electron chi connectivity index (χ0n) is 17.0. The number of allylic oxidation sites excluding steroid dienone is 1. The number of carbonyl (C=O) groups excluding carboxylic acids is 1. The van der Waals surface area contributed by atoms with Crippen LogP contribution in [0.2, 0.25) is 0 Å². The number of likely N-dealkylation sites (tertiary alicyclic amines) is 1. The number of nitrogens with one attached hydrogen (secondary N) is 1. The average molecular weight is 402 g/mol. The highest BCUT2D eigenvalue weighted by Gasteiger charge is 2.26. The number of aromatic nitrogens is 2. The number of nitrogens with zero attached hydrogens (tertiary/aromatic N) is 3. The van der Waals surface area contributed by atoms with Crippen LogP contribution >= 0.6 is 0 Å². The quantitative estimate of drug-likeness (QED) is 0.594. The Morgan fingerprint density at radius 2 is 2.07 bits per heavy atom. The maximum Gasteiger partial charge on any atom is 0.222 e. The minimum absolute atomic E-state index is 0.240. The van der Waals surface area contributed by atoms with Crippen LogP contribution in [0.4, 0.5) is 0 Å². The normalized spacial score (nSPS) is 16.9. The molecule has 154 valence electrons. The number of benzene rings is 2. The molecule has 0 bridgehead atoms. The molecule has 3 aromatic rings. The molecule has 4 rings (SSSR count). The van der Waals surface area contributed by atoms with Gasteiger partial charge in [-0.05, 0) is 42.0 Å². The van der Waals surface area contributed by atoms with Crippen LogP contribution < -0.4 is 5.73 Å². The SMILES string of the molecule is N=C/C(=C\N)c1ccc2c(cnn2CC2CCN(C(=O)CCc3ccccc3)C2)c1. The van der Waals surface area contributed by atoms with E-state index in [9.17, 15) is 4.79 Å². The topological polar surface area (TPSA) is 88.0 Å². The van der Waals surface area contributed by atoms with Gasteiger partial charge in [-0.3, -0.25) is 9.48 Å². The number of hydrogen-bond donors (Lipinski definition) is 2. The molecular formula is C24H27N5O. The van der Waals surface area contributed by atoms with Crippen molar-refractivity contribution >= 4 is 28.6 Å². The Labute approximate surface area is 176 Å². The van der Waals surface area contributed by atoms with Crippen molar-refractivity contribution in [2.45, 2.75) is 25.8 Å². The summed E-state index contributed by atoms with van der Waals surface area (Å²) in [6, 6.07) is 16.2. The Hall–Kier alpha value is -3.41. The zero-order valence-corrected chi connectivity index (χ0v) is 17.0. The molecule has 1 aromatic heterocycles. The molecule has 6 nitrogen and oxygen atoms in total. The third kappa shape index (κ3) is 4.27. The van der Waals surface area contributed by atoms with Gasteiger partial charge in [-0.25, -0.2) is 0 Å². The Morgan fingerprint density at radius 1 is 1.23 bits per heavy atom. The van der Waals surface area contributed by atoms with Gasteiger partial charge >= 0.3 is 0 Å². The van der Waals surface area contributed by atoms with Crippen LogP contribution in [0.15, 0.2) is 60.9 Å². The first-order valence-corrected chi connectivity index (χ1v) is 10.4. The highest BCUT2D eigenvalue weighted by molar-refractivity contribution is 6.09. The molecule has 1 amide bonds. The molecule has 6 heteroatoms. The van der Waals surface area contributed by atoms with Crippen molar-refractivity contribution in [1.29, 1.82) is 5.41 Å². The Bertz CT molecular complexity index is 1070. The molecule has 1 aliphatic heterocycles. The molecule has 1 fully saturated rings. The van der Waals surface area contributed by atoms with Crippen LogP contribution in [0.1, 0.15) is 24.0 Å². The molecule has 2 heterocycles. The first-order chi connectivity index (χ1) is 14.7. The lowest BCUT2D eigenvalue weighted by Gasteiger charge is -2.17. The molecule has 0 radical (unpaired) electrons. The maximum atomic E-state index is 12.6. The monoisotopic (exact) mass is 401 g/mol. The molecule has 1 atom stereocenters. The summed E-state index contributed by atoms with van der Waals surface area (Å²) in [5.41, 5.74) is 9.47. The van der Waals surface area contributed by atoms with Crippen molar-refractivity contribution < 1.29 is 4.79 Å². The van der Waals surface area contributed by atoms with E-state index < -0.39 is 0 Å². The van der Waals surface area contributed by atoms with E-state index in [1.54, 1.807) is 0 Å². The van der Waals surface area contributed by atoms with Crippen molar-refractivity contribution in [3.8, 4) is 0 Å². The van der Waals surface area contributed by atoms with E-state index in [2.05, 4.69) is 17.2 Å². The zero-order chi connectivity index (χ0) is 20.9. The van der Waals surface area contributed by atoms with Gasteiger partial charge in [0.25, 0.3) is 0 Å². The fourth-order valence-corrected chi connectivity index (χ4v) is 4.15. The second-order valence-corrected chi connectivity index (χ2v) is 7.85. The van der Waals surface area contributed by atoms with Gasteiger partial charge in [-0.1, -0.05) is 36.4 Å². The number of hydrogen-bond acceptors (Lipinski definition) is 4. The van der Waals surface area contributed by atoms with Gasteiger partial charge < -0.3 is 16.0 Å². The molecular weight excluding hydrogens is 374 g/mol. The fourth-order valence-electron chi connectivity index (χ4n) is 4.15. The van der Waals surface area contributed by atoms with Gasteiger partial charge in [0.15, 0.2) is 0 Å². The fraction of sp³-hybridized carbons (Fsp3) is 0.292. The molecule has 0 saturated carbocycles. The Morgan fingerprint density at radius 3 is 2.83 bits per heavy atom. The molecule has 0 spiro atoms. The van der Waals surface area contributed by atoms with Crippen molar-refractivity contribution in [3.05, 3.63) is 72.1 Å². The van der Waals surface area contributed by atoms with E-state index in [1.807, 2.05) is 52.2 Å². The molecule has 0 aliphatic carbocycles. The van der Waals surface area contributed by atoms with Crippen LogP contribution in [0, 0.1) is 11.3 Å². The second kappa shape index (κ2) is 8.95. The summed E-state index contributed by atoms with van der Waals surface area (Å²) in [7, 11) is 0. The standard InChI is InChI=1S/C24H27N5O/c25-13-22(14-26)20-7-8-23-21(12-20)15-27-29(23)17-19-10-11-28(16-19)24(30)9-6-18-4-2-1-3-5-18/h1-5,7-8,12-15,19,25H,6,9-11,16-17,26H2/b22-14+,25-13?. The number of nitrogens with two attached hydrogens (primary N) is 1. The van der Waals surface area contributed by atoms with E-state index in [1.165, 1.54) is 18.0 Å². The Kier molecular flexibility index (Phi) is 5.93. The van der Waals surface area contributed by atoms with Crippen molar-refractivity contribution in [1.82, 2.24) is 14.7 Å². The predicted octanol–water partition coefficient (Wildman–Crippen LogP) is 3.47. The van der Waals surface area contributed by atoms with Crippen LogP contribution in [-0.4, -0.2) is 39.9 Å². The van der Waals surface area contributed by atoms with Gasteiger partial charge in [-0.2, -0.15) is 5.10 Å². The van der Waals surface area contributed by atoms with Gasteiger partial charge in [0.2, 0.25) is 5.91 Å². The van der Waals surface area contributed by atoms with E-state index in [0.29, 0.717) is 17.9 Å². The summed E-state index contributed by atoms with van der Waals surface area (Å²) in [5.74, 6) is 0.651. The van der Waals surface area contributed by atoms with Crippen LogP contribution in [0.3, 0.4) is 0 Å². The second-order valence-electron chi connectivity index (χ2n) is 7.85.